The van der Waals surface area contributed by atoms with E-state index in [4.69, 9.17) is 4.98 Å². The fourth-order valence-corrected chi connectivity index (χ4v) is 11.3. The number of para-hydroxylation sites is 3. The van der Waals surface area contributed by atoms with E-state index in [2.05, 4.69) is 257 Å². The fourth-order valence-electron chi connectivity index (χ4n) is 11.3. The molecule has 308 valence electrons. The highest BCUT2D eigenvalue weighted by Gasteiger charge is 2.51. The van der Waals surface area contributed by atoms with Gasteiger partial charge in [0.2, 0.25) is 5.78 Å². The Morgan fingerprint density at radius 3 is 1.45 bits per heavy atom. The summed E-state index contributed by atoms with van der Waals surface area (Å²) in [6.07, 6.45) is 0. The van der Waals surface area contributed by atoms with Crippen LogP contribution < -0.4 is 4.90 Å². The van der Waals surface area contributed by atoms with Gasteiger partial charge in [0.1, 0.15) is 0 Å². The Morgan fingerprint density at radius 2 is 0.818 bits per heavy atom. The van der Waals surface area contributed by atoms with E-state index >= 15 is 0 Å². The minimum absolute atomic E-state index is 0.439. The molecule has 14 rings (SSSR count). The first-order valence-electron chi connectivity index (χ1n) is 22.7. The Labute approximate surface area is 382 Å². The first kappa shape index (κ1) is 36.7. The smallest absolute Gasteiger partial charge is 0.220 e. The summed E-state index contributed by atoms with van der Waals surface area (Å²) in [6.45, 7) is 0. The molecule has 0 unspecified atom stereocenters. The second-order valence-corrected chi connectivity index (χ2v) is 17.5. The van der Waals surface area contributed by atoms with Crippen molar-refractivity contribution in [1.29, 1.82) is 0 Å². The normalized spacial score (nSPS) is 13.0. The third kappa shape index (κ3) is 5.18. The number of hydrogen-bond donors (Lipinski definition) is 0. The van der Waals surface area contributed by atoms with E-state index in [1.54, 1.807) is 0 Å². The van der Waals surface area contributed by atoms with Crippen molar-refractivity contribution in [2.75, 3.05) is 4.90 Å². The number of hydrogen-bond acceptors (Lipinski definition) is 2. The van der Waals surface area contributed by atoms with Gasteiger partial charge in [0.15, 0.2) is 0 Å². The van der Waals surface area contributed by atoms with Crippen LogP contribution in [0.4, 0.5) is 17.1 Å². The molecule has 1 spiro atoms. The molecule has 10 aromatic carbocycles. The molecular weight excluding hydrogens is 801 g/mol. The van der Waals surface area contributed by atoms with E-state index in [0.717, 1.165) is 61.7 Å². The minimum atomic E-state index is -0.439. The van der Waals surface area contributed by atoms with E-state index < -0.39 is 5.41 Å². The lowest BCUT2D eigenvalue weighted by molar-refractivity contribution is 0.793. The molecule has 0 amide bonds. The van der Waals surface area contributed by atoms with Crippen LogP contribution in [0.3, 0.4) is 0 Å². The molecule has 0 bridgehead atoms. The fraction of sp³-hybridized carbons (Fsp3) is 0.0161. The van der Waals surface area contributed by atoms with Gasteiger partial charge in [-0.2, -0.15) is 0 Å². The number of nitrogens with zero attached hydrogens (tertiary/aromatic N) is 4. The summed E-state index contributed by atoms with van der Waals surface area (Å²) >= 11 is 0. The van der Waals surface area contributed by atoms with Gasteiger partial charge >= 0.3 is 0 Å². The van der Waals surface area contributed by atoms with Crippen LogP contribution >= 0.6 is 0 Å². The topological polar surface area (TPSA) is 25.5 Å². The van der Waals surface area contributed by atoms with Crippen molar-refractivity contribution in [1.82, 2.24) is 14.0 Å². The Bertz CT molecular complexity index is 3800. The van der Waals surface area contributed by atoms with Gasteiger partial charge in [-0.05, 0) is 140 Å². The highest BCUT2D eigenvalue weighted by molar-refractivity contribution is 5.97. The van der Waals surface area contributed by atoms with E-state index in [0.29, 0.717) is 0 Å². The van der Waals surface area contributed by atoms with Gasteiger partial charge < -0.3 is 4.90 Å². The van der Waals surface area contributed by atoms with Crippen LogP contribution in [-0.4, -0.2) is 14.0 Å². The van der Waals surface area contributed by atoms with Gasteiger partial charge in [-0.3, -0.25) is 8.97 Å². The van der Waals surface area contributed by atoms with E-state index in [1.807, 2.05) is 0 Å². The Morgan fingerprint density at radius 1 is 0.333 bits per heavy atom. The Balaban J connectivity index is 0.933. The zero-order chi connectivity index (χ0) is 43.3. The molecule has 0 saturated carbocycles. The molecule has 2 aromatic heterocycles. The molecule has 0 aliphatic heterocycles. The Hall–Kier alpha value is -8.73. The molecule has 4 nitrogen and oxygen atoms in total. The number of benzene rings is 10. The second kappa shape index (κ2) is 14.1. The predicted molar refractivity (Wildman–Crippen MR) is 271 cm³/mol. The van der Waals surface area contributed by atoms with Crippen molar-refractivity contribution in [3.05, 3.63) is 265 Å². The highest BCUT2D eigenvalue weighted by Crippen LogP contribution is 2.63. The van der Waals surface area contributed by atoms with E-state index in [-0.39, 0.29) is 0 Å². The third-order valence-electron chi connectivity index (χ3n) is 14.1. The molecular formula is C62H40N4. The minimum Gasteiger partial charge on any atom is -0.310 e. The third-order valence-corrected chi connectivity index (χ3v) is 14.1. The van der Waals surface area contributed by atoms with Crippen molar-refractivity contribution in [3.63, 3.8) is 0 Å². The SMILES string of the molecule is c1ccc(-c2ccc(N(c3ccc(-c4ccc5c(c4)n4c6ccccc6nc4n5-c4ccccc4)cc3)c3ccc4c(c3)C3(c5ccccc5-c5ccccc53)c3ccccc3-4)cc2)cc1. The summed E-state index contributed by atoms with van der Waals surface area (Å²) in [4.78, 5) is 7.56. The number of fused-ring (bicyclic) bond motifs is 15. The molecule has 0 radical (unpaired) electrons. The summed E-state index contributed by atoms with van der Waals surface area (Å²) in [7, 11) is 0. The molecule has 2 aliphatic rings. The quantitative estimate of drug-likeness (QED) is 0.167. The summed E-state index contributed by atoms with van der Waals surface area (Å²) in [5, 5.41) is 0. The molecule has 4 heteroatoms. The predicted octanol–water partition coefficient (Wildman–Crippen LogP) is 15.6. The van der Waals surface area contributed by atoms with Crippen LogP contribution in [-0.2, 0) is 5.41 Å². The zero-order valence-electron chi connectivity index (χ0n) is 35.9. The molecule has 0 fully saturated rings. The van der Waals surface area contributed by atoms with Crippen LogP contribution in [0, 0.1) is 0 Å². The van der Waals surface area contributed by atoms with Crippen LogP contribution in [0.2, 0.25) is 0 Å². The maximum Gasteiger partial charge on any atom is 0.220 e. The summed E-state index contributed by atoms with van der Waals surface area (Å²) in [5.41, 5.74) is 23.5. The Kier molecular flexibility index (Phi) is 7.87. The standard InChI is InChI=1S/C62H40N4/c1-3-15-41(16-4-1)42-27-32-46(33-28-42)64(48-36-37-52-51-21-9-12-24-55(51)62(56(52)40-48)53-22-10-7-19-49(53)50-20-8-11-23-54(50)62)47-34-29-43(30-35-47)44-31-38-59-60(39-44)66-58-26-14-13-25-57(58)63-61(66)65(59)45-17-5-2-6-18-45/h1-40H. The second-order valence-electron chi connectivity index (χ2n) is 17.5. The molecule has 66 heavy (non-hydrogen) atoms. The molecule has 0 saturated heterocycles. The monoisotopic (exact) mass is 840 g/mol. The average molecular weight is 841 g/mol. The van der Waals surface area contributed by atoms with Crippen LogP contribution in [0.1, 0.15) is 22.3 Å². The lowest BCUT2D eigenvalue weighted by atomic mass is 9.70. The molecule has 12 aromatic rings. The summed E-state index contributed by atoms with van der Waals surface area (Å²) in [5.74, 6) is 0.905. The van der Waals surface area contributed by atoms with Gasteiger partial charge in [0.05, 0.1) is 27.5 Å². The number of rotatable bonds is 6. The van der Waals surface area contributed by atoms with Crippen LogP contribution in [0.15, 0.2) is 243 Å². The number of anilines is 3. The van der Waals surface area contributed by atoms with Gasteiger partial charge in [-0.1, -0.05) is 170 Å². The first-order chi connectivity index (χ1) is 32.7. The molecule has 2 aliphatic carbocycles. The highest BCUT2D eigenvalue weighted by atomic mass is 15.2. The molecule has 0 N–H and O–H groups in total. The van der Waals surface area contributed by atoms with Gasteiger partial charge in [0.25, 0.3) is 0 Å². The van der Waals surface area contributed by atoms with E-state index in [9.17, 15) is 0 Å². The lowest BCUT2D eigenvalue weighted by Crippen LogP contribution is -2.26. The van der Waals surface area contributed by atoms with Crippen molar-refractivity contribution in [2.45, 2.75) is 5.41 Å². The van der Waals surface area contributed by atoms with Crippen molar-refractivity contribution >= 4 is 44.9 Å². The first-order valence-corrected chi connectivity index (χ1v) is 22.7. The summed E-state index contributed by atoms with van der Waals surface area (Å²) in [6, 6.07) is 88.7. The zero-order valence-corrected chi connectivity index (χ0v) is 35.9. The van der Waals surface area contributed by atoms with E-state index in [1.165, 1.54) is 55.6 Å². The van der Waals surface area contributed by atoms with Gasteiger partial charge in [-0.15, -0.1) is 0 Å². The largest absolute Gasteiger partial charge is 0.310 e. The van der Waals surface area contributed by atoms with Crippen LogP contribution in [0.25, 0.3) is 78.0 Å². The number of imidazole rings is 2. The molecule has 2 heterocycles. The average Bonchev–Trinajstić information content (AvgIpc) is 4.10. The lowest BCUT2D eigenvalue weighted by Gasteiger charge is -2.32. The van der Waals surface area contributed by atoms with Crippen molar-refractivity contribution in [2.24, 2.45) is 0 Å². The van der Waals surface area contributed by atoms with Crippen LogP contribution in [0.5, 0.6) is 0 Å². The maximum atomic E-state index is 5.14. The molecule has 0 atom stereocenters. The summed E-state index contributed by atoms with van der Waals surface area (Å²) < 4.78 is 4.57. The number of aromatic nitrogens is 3. The maximum absolute atomic E-state index is 5.14. The van der Waals surface area contributed by atoms with Crippen molar-refractivity contribution in [3.8, 4) is 50.2 Å². The van der Waals surface area contributed by atoms with Gasteiger partial charge in [0, 0.05) is 22.7 Å². The van der Waals surface area contributed by atoms with Gasteiger partial charge in [-0.25, -0.2) is 4.98 Å². The van der Waals surface area contributed by atoms with Crippen molar-refractivity contribution < 1.29 is 0 Å².